The van der Waals surface area contributed by atoms with Gasteiger partial charge in [0.1, 0.15) is 12.2 Å². The van der Waals surface area contributed by atoms with Gasteiger partial charge in [-0.05, 0) is 26.8 Å². The average molecular weight is 291 g/mol. The number of carbonyl (C=O) groups excluding carboxylic acids is 2. The fourth-order valence-corrected chi connectivity index (χ4v) is 1.34. The highest BCUT2D eigenvalue weighted by Crippen LogP contribution is 2.11. The zero-order valence-electron chi connectivity index (χ0n) is 12.2. The van der Waals surface area contributed by atoms with Crippen molar-refractivity contribution >= 4 is 17.8 Å². The van der Waals surface area contributed by atoms with E-state index in [1.54, 1.807) is 26.8 Å². The first-order chi connectivity index (χ1) is 9.76. The molecule has 0 atom stereocenters. The summed E-state index contributed by atoms with van der Waals surface area (Å²) in [5.41, 5.74) is 8.24. The summed E-state index contributed by atoms with van der Waals surface area (Å²) in [5, 5.41) is 0. The van der Waals surface area contributed by atoms with Gasteiger partial charge < -0.3 is 15.0 Å². The van der Waals surface area contributed by atoms with Gasteiger partial charge in [0, 0.05) is 24.0 Å². The highest BCUT2D eigenvalue weighted by atomic mass is 16.6. The number of carbonyl (C=O) groups is 2. The van der Waals surface area contributed by atoms with Crippen molar-refractivity contribution in [3.05, 3.63) is 42.2 Å². The maximum absolute atomic E-state index is 11.8. The van der Waals surface area contributed by atoms with Gasteiger partial charge in [0.15, 0.2) is 0 Å². The van der Waals surface area contributed by atoms with Gasteiger partial charge >= 0.3 is 17.8 Å². The lowest BCUT2D eigenvalue weighted by atomic mass is 10.2. The number of ether oxygens (including phenoxy) is 2. The third-order valence-electron chi connectivity index (χ3n) is 2.24. The molecule has 0 spiro atoms. The highest BCUT2D eigenvalue weighted by Gasteiger charge is 2.19. The van der Waals surface area contributed by atoms with Crippen LogP contribution in [0.25, 0.3) is 5.53 Å². The van der Waals surface area contributed by atoms with Gasteiger partial charge in [-0.25, -0.2) is 9.59 Å². The molecule has 0 saturated heterocycles. The molecule has 0 radical (unpaired) electrons. The molecule has 0 amide bonds. The quantitative estimate of drug-likeness (QED) is 0.367. The van der Waals surface area contributed by atoms with E-state index in [4.69, 9.17) is 15.0 Å². The number of rotatable bonds is 4. The fraction of sp³-hybridized carbons (Fsp3) is 0.357. The van der Waals surface area contributed by atoms with E-state index in [0.717, 1.165) is 6.08 Å². The lowest BCUT2D eigenvalue weighted by Gasteiger charge is -2.19. The normalized spacial score (nSPS) is 10.4. The van der Waals surface area contributed by atoms with Crippen LogP contribution in [0.2, 0.25) is 0 Å². The van der Waals surface area contributed by atoms with Gasteiger partial charge in [0.05, 0.1) is 0 Å². The minimum absolute atomic E-state index is 0.0680. The summed E-state index contributed by atoms with van der Waals surface area (Å²) >= 11 is 0. The molecule has 7 nitrogen and oxygen atoms in total. The van der Waals surface area contributed by atoms with Crippen LogP contribution >= 0.6 is 0 Å². The zero-order valence-corrected chi connectivity index (χ0v) is 12.2. The Bertz CT molecular complexity index is 604. The molecule has 21 heavy (non-hydrogen) atoms. The molecule has 0 unspecified atom stereocenters. The molecule has 0 saturated carbocycles. The number of hydrogen-bond donors (Lipinski definition) is 0. The van der Waals surface area contributed by atoms with Gasteiger partial charge in [-0.1, -0.05) is 6.58 Å². The van der Waals surface area contributed by atoms with Gasteiger partial charge in [-0.3, -0.25) is 4.57 Å². The molecule has 1 aromatic heterocycles. The SMILES string of the molecule is C=CC(=[N+]=[N-])C(=O)OCc1ccn(C(=O)OC(C)(C)C)c1. The summed E-state index contributed by atoms with van der Waals surface area (Å²) in [7, 11) is 0. The van der Waals surface area contributed by atoms with Crippen molar-refractivity contribution in [1.82, 2.24) is 4.57 Å². The Kier molecular flexibility index (Phi) is 5.21. The number of esters is 1. The summed E-state index contributed by atoms with van der Waals surface area (Å²) in [6.45, 7) is 8.54. The first kappa shape index (κ1) is 16.4. The van der Waals surface area contributed by atoms with Gasteiger partial charge in [-0.15, -0.1) is 0 Å². The van der Waals surface area contributed by atoms with Crippen molar-refractivity contribution in [3.8, 4) is 0 Å². The molecule has 0 aliphatic rings. The maximum atomic E-state index is 11.8. The molecule has 1 heterocycles. The van der Waals surface area contributed by atoms with Gasteiger partial charge in [0.25, 0.3) is 0 Å². The minimum atomic E-state index is -0.808. The lowest BCUT2D eigenvalue weighted by Crippen LogP contribution is -2.26. The molecule has 0 fully saturated rings. The van der Waals surface area contributed by atoms with Gasteiger partial charge in [0.2, 0.25) is 0 Å². The second-order valence-corrected chi connectivity index (χ2v) is 5.17. The second-order valence-electron chi connectivity index (χ2n) is 5.17. The smallest absolute Gasteiger partial charge is 0.421 e. The van der Waals surface area contributed by atoms with E-state index in [9.17, 15) is 9.59 Å². The van der Waals surface area contributed by atoms with Crippen LogP contribution in [0, 0.1) is 0 Å². The Morgan fingerprint density at radius 2 is 2.14 bits per heavy atom. The summed E-state index contributed by atoms with van der Waals surface area (Å²) in [6, 6.07) is 1.61. The molecule has 0 aliphatic heterocycles. The van der Waals surface area contributed by atoms with E-state index in [1.165, 1.54) is 17.0 Å². The molecule has 1 aromatic rings. The predicted molar refractivity (Wildman–Crippen MR) is 74.7 cm³/mol. The Hall–Kier alpha value is -2.66. The fourth-order valence-electron chi connectivity index (χ4n) is 1.34. The summed E-state index contributed by atoms with van der Waals surface area (Å²) in [5.74, 6) is -0.808. The van der Waals surface area contributed by atoms with Crippen molar-refractivity contribution in [2.45, 2.75) is 33.0 Å². The monoisotopic (exact) mass is 291 g/mol. The van der Waals surface area contributed by atoms with Crippen LogP contribution in [0.3, 0.4) is 0 Å². The summed E-state index contributed by atoms with van der Waals surface area (Å²) in [6.07, 6.45) is 3.55. The Morgan fingerprint density at radius 3 is 2.67 bits per heavy atom. The summed E-state index contributed by atoms with van der Waals surface area (Å²) in [4.78, 5) is 25.9. The lowest BCUT2D eigenvalue weighted by molar-refractivity contribution is -0.141. The van der Waals surface area contributed by atoms with Crippen LogP contribution in [0.5, 0.6) is 0 Å². The largest absolute Gasteiger partial charge is 0.452 e. The van der Waals surface area contributed by atoms with Crippen LogP contribution in [0.1, 0.15) is 26.3 Å². The minimum Gasteiger partial charge on any atom is -0.452 e. The topological polar surface area (TPSA) is 93.9 Å². The molecular weight excluding hydrogens is 274 g/mol. The molecule has 0 N–H and O–H groups in total. The number of aromatic nitrogens is 1. The van der Waals surface area contributed by atoms with Crippen LogP contribution in [0.4, 0.5) is 4.79 Å². The highest BCUT2D eigenvalue weighted by molar-refractivity contribution is 6.38. The van der Waals surface area contributed by atoms with E-state index in [-0.39, 0.29) is 12.3 Å². The van der Waals surface area contributed by atoms with Crippen molar-refractivity contribution < 1.29 is 23.9 Å². The molecule has 7 heteroatoms. The first-order valence-corrected chi connectivity index (χ1v) is 6.18. The van der Waals surface area contributed by atoms with Crippen molar-refractivity contribution in [1.29, 1.82) is 0 Å². The summed E-state index contributed by atoms with van der Waals surface area (Å²) < 4.78 is 11.3. The molecule has 112 valence electrons. The zero-order chi connectivity index (χ0) is 16.0. The maximum Gasteiger partial charge on any atom is 0.421 e. The molecule has 0 aromatic carbocycles. The third kappa shape index (κ3) is 5.08. The van der Waals surface area contributed by atoms with Crippen LogP contribution in [-0.2, 0) is 20.9 Å². The standard InChI is InChI=1S/C14H17N3O4/c1-5-11(16-15)12(18)20-9-10-6-7-17(8-10)13(19)21-14(2,3)4/h5-8H,1,9H2,2-4H3. The number of nitrogens with zero attached hydrogens (tertiary/aromatic N) is 3. The third-order valence-corrected chi connectivity index (χ3v) is 2.24. The van der Waals surface area contributed by atoms with Crippen molar-refractivity contribution in [2.75, 3.05) is 0 Å². The molecular formula is C14H17N3O4. The van der Waals surface area contributed by atoms with Crippen molar-refractivity contribution in [2.24, 2.45) is 0 Å². The first-order valence-electron chi connectivity index (χ1n) is 6.18. The van der Waals surface area contributed by atoms with Crippen LogP contribution < -0.4 is 0 Å². The molecule has 0 bridgehead atoms. The van der Waals surface area contributed by atoms with Crippen molar-refractivity contribution in [3.63, 3.8) is 0 Å². The van der Waals surface area contributed by atoms with E-state index in [1.807, 2.05) is 0 Å². The average Bonchev–Trinajstić information content (AvgIpc) is 2.84. The molecule has 1 rings (SSSR count). The van der Waals surface area contributed by atoms with E-state index in [0.29, 0.717) is 5.56 Å². The van der Waals surface area contributed by atoms with Crippen LogP contribution in [-0.4, -0.2) is 32.7 Å². The van der Waals surface area contributed by atoms with E-state index < -0.39 is 17.7 Å². The van der Waals surface area contributed by atoms with E-state index >= 15 is 0 Å². The Balaban J connectivity index is 2.64. The Morgan fingerprint density at radius 1 is 1.48 bits per heavy atom. The second kappa shape index (κ2) is 6.67. The van der Waals surface area contributed by atoms with Crippen LogP contribution in [0.15, 0.2) is 31.1 Å². The molecule has 0 aliphatic carbocycles. The van der Waals surface area contributed by atoms with Gasteiger partial charge in [-0.2, -0.15) is 4.79 Å². The number of hydrogen-bond acceptors (Lipinski definition) is 4. The Labute approximate surface area is 122 Å². The predicted octanol–water partition coefficient (Wildman–Crippen LogP) is 2.17. The van der Waals surface area contributed by atoms with E-state index in [2.05, 4.69) is 11.4 Å².